The van der Waals surface area contributed by atoms with Crippen LogP contribution in [0, 0.1) is 13.8 Å². The van der Waals surface area contributed by atoms with Crippen LogP contribution < -0.4 is 14.4 Å². The van der Waals surface area contributed by atoms with Crippen LogP contribution in [0.25, 0.3) is 16.0 Å². The van der Waals surface area contributed by atoms with Gasteiger partial charge in [0.2, 0.25) is 0 Å². The second-order valence-corrected chi connectivity index (χ2v) is 10.3. The van der Waals surface area contributed by atoms with Crippen molar-refractivity contribution < 1.29 is 24.2 Å². The van der Waals surface area contributed by atoms with Gasteiger partial charge in [-0.05, 0) is 56.2 Å². The van der Waals surface area contributed by atoms with Crippen molar-refractivity contribution in [3.05, 3.63) is 101 Å². The Kier molecular flexibility index (Phi) is 7.21. The number of thiazole rings is 1. The van der Waals surface area contributed by atoms with Gasteiger partial charge in [-0.3, -0.25) is 14.5 Å². The van der Waals surface area contributed by atoms with Gasteiger partial charge < -0.3 is 14.6 Å². The molecule has 1 aliphatic heterocycles. The zero-order valence-electron chi connectivity index (χ0n) is 21.9. The molecule has 198 valence electrons. The number of hydrogen-bond donors (Lipinski definition) is 1. The lowest BCUT2D eigenvalue weighted by Crippen LogP contribution is -2.29. The third-order valence-electron chi connectivity index (χ3n) is 6.45. The Bertz CT molecular complexity index is 1620. The molecule has 2 heterocycles. The maximum Gasteiger partial charge on any atom is 0.301 e. The summed E-state index contributed by atoms with van der Waals surface area (Å²) >= 11 is 1.32. The van der Waals surface area contributed by atoms with Gasteiger partial charge in [0.1, 0.15) is 12.4 Å². The molecular weight excluding hydrogens is 512 g/mol. The van der Waals surface area contributed by atoms with Crippen LogP contribution in [0.4, 0.5) is 5.13 Å². The Morgan fingerprint density at radius 2 is 1.77 bits per heavy atom. The standard InChI is InChI=1S/C31H28N2O5S/c1-5-15-38-23-14-12-21(17-24(23)37-6-2)27-26(28(34)20-10-7-18(3)8-11-20)29(35)30(36)33(27)31-32-22-13-9-19(4)16-25(22)39-31/h5,7-14,16-17,27,34H,1,6,15H2,2-4H3/b28-26+. The number of ketones is 1. The smallest absolute Gasteiger partial charge is 0.301 e. The summed E-state index contributed by atoms with van der Waals surface area (Å²) in [5.74, 6) is -0.820. The van der Waals surface area contributed by atoms with Gasteiger partial charge in [0.05, 0.1) is 28.4 Å². The fourth-order valence-corrected chi connectivity index (χ4v) is 5.66. The fraction of sp³-hybridized carbons (Fsp3) is 0.194. The number of anilines is 1. The number of ether oxygens (including phenoxy) is 2. The van der Waals surface area contributed by atoms with E-state index in [1.807, 2.05) is 51.1 Å². The fourth-order valence-electron chi connectivity index (χ4n) is 4.57. The number of hydrogen-bond acceptors (Lipinski definition) is 7. The van der Waals surface area contributed by atoms with Crippen molar-refractivity contribution in [1.82, 2.24) is 4.98 Å². The average molecular weight is 541 g/mol. The van der Waals surface area contributed by atoms with Crippen LogP contribution >= 0.6 is 11.3 Å². The Hall–Kier alpha value is -4.43. The summed E-state index contributed by atoms with van der Waals surface area (Å²) in [6.07, 6.45) is 1.63. The third kappa shape index (κ3) is 4.91. The van der Waals surface area contributed by atoms with Crippen LogP contribution in [0.1, 0.15) is 35.2 Å². The number of carbonyl (C=O) groups is 2. The molecule has 3 aromatic carbocycles. The number of benzene rings is 3. The molecule has 1 aliphatic rings. The molecule has 5 rings (SSSR count). The van der Waals surface area contributed by atoms with Crippen molar-refractivity contribution in [2.45, 2.75) is 26.8 Å². The highest BCUT2D eigenvalue weighted by Crippen LogP contribution is 2.46. The number of fused-ring (bicyclic) bond motifs is 1. The molecule has 1 atom stereocenters. The number of nitrogens with zero attached hydrogens (tertiary/aromatic N) is 2. The molecule has 1 aromatic heterocycles. The van der Waals surface area contributed by atoms with E-state index >= 15 is 0 Å². The summed E-state index contributed by atoms with van der Waals surface area (Å²) in [7, 11) is 0. The number of Topliss-reactive ketones (excluding diaryl/α,β-unsaturated/α-hetero) is 1. The van der Waals surface area contributed by atoms with Crippen LogP contribution in [0.3, 0.4) is 0 Å². The monoisotopic (exact) mass is 540 g/mol. The summed E-state index contributed by atoms with van der Waals surface area (Å²) in [5, 5.41) is 11.8. The Morgan fingerprint density at radius 3 is 2.49 bits per heavy atom. The van der Waals surface area contributed by atoms with Gasteiger partial charge in [0.25, 0.3) is 5.78 Å². The highest BCUT2D eigenvalue weighted by molar-refractivity contribution is 7.22. The second-order valence-electron chi connectivity index (χ2n) is 9.24. The molecule has 0 aliphatic carbocycles. The van der Waals surface area contributed by atoms with Crippen molar-refractivity contribution in [1.29, 1.82) is 0 Å². The highest BCUT2D eigenvalue weighted by Gasteiger charge is 2.48. The topological polar surface area (TPSA) is 89.0 Å². The maximum atomic E-state index is 13.6. The van der Waals surface area contributed by atoms with Gasteiger partial charge >= 0.3 is 5.91 Å². The van der Waals surface area contributed by atoms with Gasteiger partial charge in [-0.1, -0.05) is 66.0 Å². The summed E-state index contributed by atoms with van der Waals surface area (Å²) in [4.78, 5) is 33.2. The van der Waals surface area contributed by atoms with Crippen LogP contribution in [-0.2, 0) is 9.59 Å². The van der Waals surface area contributed by atoms with Crippen molar-refractivity contribution in [3.63, 3.8) is 0 Å². The number of aliphatic hydroxyl groups excluding tert-OH is 1. The number of carbonyl (C=O) groups excluding carboxylic acids is 2. The van der Waals surface area contributed by atoms with Crippen LogP contribution in [0.2, 0.25) is 0 Å². The van der Waals surface area contributed by atoms with Crippen molar-refractivity contribution in [2.75, 3.05) is 18.1 Å². The van der Waals surface area contributed by atoms with E-state index in [1.165, 1.54) is 16.2 Å². The van der Waals surface area contributed by atoms with E-state index < -0.39 is 17.7 Å². The summed E-state index contributed by atoms with van der Waals surface area (Å²) in [5.41, 5.74) is 3.80. The second kappa shape index (κ2) is 10.7. The molecule has 0 radical (unpaired) electrons. The Balaban J connectivity index is 1.72. The minimum Gasteiger partial charge on any atom is -0.507 e. The first-order valence-electron chi connectivity index (χ1n) is 12.6. The van der Waals surface area contributed by atoms with E-state index in [2.05, 4.69) is 6.58 Å². The molecule has 7 nitrogen and oxygen atoms in total. The zero-order valence-corrected chi connectivity index (χ0v) is 22.7. The van der Waals surface area contributed by atoms with Gasteiger partial charge in [-0.25, -0.2) is 4.98 Å². The minimum atomic E-state index is -0.930. The molecule has 0 bridgehead atoms. The summed E-state index contributed by atoms with van der Waals surface area (Å²) in [6.45, 7) is 10.1. The lowest BCUT2D eigenvalue weighted by Gasteiger charge is -2.24. The molecule has 1 N–H and O–H groups in total. The predicted octanol–water partition coefficient (Wildman–Crippen LogP) is 6.50. The molecule has 4 aromatic rings. The molecular formula is C31H28N2O5S. The van der Waals surface area contributed by atoms with Gasteiger partial charge in [-0.15, -0.1) is 0 Å². The van der Waals surface area contributed by atoms with E-state index in [-0.39, 0.29) is 17.9 Å². The number of rotatable bonds is 8. The summed E-state index contributed by atoms with van der Waals surface area (Å²) < 4.78 is 12.5. The average Bonchev–Trinajstić information content (AvgIpc) is 3.45. The number of aliphatic hydroxyl groups is 1. The normalized spacial score (nSPS) is 16.6. The van der Waals surface area contributed by atoms with E-state index in [0.717, 1.165) is 21.3 Å². The largest absolute Gasteiger partial charge is 0.507 e. The first-order chi connectivity index (χ1) is 18.8. The van der Waals surface area contributed by atoms with Crippen LogP contribution in [0.15, 0.2) is 78.9 Å². The van der Waals surface area contributed by atoms with Crippen molar-refractivity contribution >= 4 is 44.1 Å². The van der Waals surface area contributed by atoms with Crippen molar-refractivity contribution in [2.24, 2.45) is 0 Å². The van der Waals surface area contributed by atoms with E-state index in [0.29, 0.717) is 34.4 Å². The van der Waals surface area contributed by atoms with Gasteiger partial charge in [-0.2, -0.15) is 0 Å². The first-order valence-corrected chi connectivity index (χ1v) is 13.4. The highest BCUT2D eigenvalue weighted by atomic mass is 32.1. The Morgan fingerprint density at radius 1 is 1.03 bits per heavy atom. The Labute approximate surface area is 230 Å². The molecule has 39 heavy (non-hydrogen) atoms. The quantitative estimate of drug-likeness (QED) is 0.119. The van der Waals surface area contributed by atoms with Crippen LogP contribution in [0.5, 0.6) is 11.5 Å². The molecule has 1 fully saturated rings. The minimum absolute atomic E-state index is 0.0125. The summed E-state index contributed by atoms with van der Waals surface area (Å²) in [6, 6.07) is 17.3. The lowest BCUT2D eigenvalue weighted by atomic mass is 9.95. The molecule has 1 saturated heterocycles. The molecule has 8 heteroatoms. The first kappa shape index (κ1) is 26.2. The van der Waals surface area contributed by atoms with E-state index in [4.69, 9.17) is 14.5 Å². The molecule has 1 amide bonds. The zero-order chi connectivity index (χ0) is 27.7. The van der Waals surface area contributed by atoms with Gasteiger partial charge in [0.15, 0.2) is 16.6 Å². The van der Waals surface area contributed by atoms with E-state index in [9.17, 15) is 14.7 Å². The van der Waals surface area contributed by atoms with Crippen LogP contribution in [-0.4, -0.2) is 35.0 Å². The maximum absolute atomic E-state index is 13.6. The SMILES string of the molecule is C=CCOc1ccc(C2/C(=C(\O)c3ccc(C)cc3)C(=O)C(=O)N2c2nc3ccc(C)cc3s2)cc1OCC. The molecule has 0 spiro atoms. The molecule has 1 unspecified atom stereocenters. The number of aromatic nitrogens is 1. The number of aryl methyl sites for hydroxylation is 2. The lowest BCUT2D eigenvalue weighted by molar-refractivity contribution is -0.132. The van der Waals surface area contributed by atoms with Crippen molar-refractivity contribution in [3.8, 4) is 11.5 Å². The number of amides is 1. The third-order valence-corrected chi connectivity index (χ3v) is 7.47. The van der Waals surface area contributed by atoms with E-state index in [1.54, 1.807) is 36.4 Å². The van der Waals surface area contributed by atoms with Gasteiger partial charge in [0, 0.05) is 5.56 Å². The molecule has 0 saturated carbocycles. The predicted molar refractivity (Wildman–Crippen MR) is 154 cm³/mol.